The van der Waals surface area contributed by atoms with Gasteiger partial charge in [0.25, 0.3) is 0 Å². The van der Waals surface area contributed by atoms with Crippen molar-refractivity contribution in [3.05, 3.63) is 63.1 Å². The Bertz CT molecular complexity index is 608. The van der Waals surface area contributed by atoms with Crippen LogP contribution in [0.4, 0.5) is 0 Å². The van der Waals surface area contributed by atoms with Gasteiger partial charge in [0.15, 0.2) is 0 Å². The van der Waals surface area contributed by atoms with Crippen molar-refractivity contribution in [1.82, 2.24) is 0 Å². The zero-order valence-electron chi connectivity index (χ0n) is 10.7. The Kier molecular flexibility index (Phi) is 4.01. The summed E-state index contributed by atoms with van der Waals surface area (Å²) >= 11 is 9.53. The van der Waals surface area contributed by atoms with Gasteiger partial charge in [0, 0.05) is 15.1 Å². The van der Waals surface area contributed by atoms with E-state index >= 15 is 0 Å². The number of hydrogen-bond acceptors (Lipinski definition) is 2. The van der Waals surface area contributed by atoms with Crippen LogP contribution in [0.2, 0.25) is 5.02 Å². The number of aliphatic hydroxyl groups is 1. The Labute approximate surface area is 131 Å². The van der Waals surface area contributed by atoms with Crippen molar-refractivity contribution in [1.29, 1.82) is 0 Å². The van der Waals surface area contributed by atoms with Crippen LogP contribution in [0.3, 0.4) is 0 Å². The zero-order chi connectivity index (χ0) is 14.1. The highest BCUT2D eigenvalue weighted by atomic mass is 79.9. The van der Waals surface area contributed by atoms with Gasteiger partial charge in [-0.05, 0) is 42.7 Å². The molecule has 0 spiro atoms. The molecule has 0 radical (unpaired) electrons. The second-order valence-corrected chi connectivity index (χ2v) is 6.28. The number of benzene rings is 2. The van der Waals surface area contributed by atoms with E-state index in [-0.39, 0.29) is 0 Å². The molecule has 1 saturated carbocycles. The van der Waals surface area contributed by atoms with Crippen LogP contribution in [0.15, 0.2) is 46.9 Å². The summed E-state index contributed by atoms with van der Waals surface area (Å²) in [6.45, 7) is 0. The van der Waals surface area contributed by atoms with Gasteiger partial charge in [0.2, 0.25) is 0 Å². The van der Waals surface area contributed by atoms with E-state index in [9.17, 15) is 5.11 Å². The number of ether oxygens (including phenoxy) is 1. The maximum absolute atomic E-state index is 10.4. The Balaban J connectivity index is 1.80. The maximum Gasteiger partial charge on any atom is 0.119 e. The molecule has 2 aromatic rings. The van der Waals surface area contributed by atoms with Gasteiger partial charge < -0.3 is 9.84 Å². The standard InChI is InChI=1S/C16H14BrClO2/c17-11-3-8-14(15(18)9-11)16(19)10-1-4-12(5-2-10)20-13-6-7-13/h1-5,8-9,13,16,19H,6-7H2. The molecule has 0 aromatic heterocycles. The van der Waals surface area contributed by atoms with Crippen molar-refractivity contribution in [3.8, 4) is 5.75 Å². The van der Waals surface area contributed by atoms with Crippen LogP contribution in [-0.4, -0.2) is 11.2 Å². The van der Waals surface area contributed by atoms with Crippen LogP contribution in [0, 0.1) is 0 Å². The molecule has 1 N–H and O–H groups in total. The van der Waals surface area contributed by atoms with E-state index in [1.807, 2.05) is 36.4 Å². The smallest absolute Gasteiger partial charge is 0.119 e. The summed E-state index contributed by atoms with van der Waals surface area (Å²) in [5, 5.41) is 11.0. The summed E-state index contributed by atoms with van der Waals surface area (Å²) in [7, 11) is 0. The first-order chi connectivity index (χ1) is 9.63. The average molecular weight is 354 g/mol. The molecule has 0 saturated heterocycles. The first-order valence-corrected chi connectivity index (χ1v) is 7.70. The van der Waals surface area contributed by atoms with E-state index in [2.05, 4.69) is 15.9 Å². The maximum atomic E-state index is 10.4. The third kappa shape index (κ3) is 3.17. The summed E-state index contributed by atoms with van der Waals surface area (Å²) < 4.78 is 6.59. The van der Waals surface area contributed by atoms with Gasteiger partial charge >= 0.3 is 0 Å². The third-order valence-corrected chi connectivity index (χ3v) is 4.10. The predicted octanol–water partition coefficient (Wildman–Crippen LogP) is 4.73. The molecule has 0 aliphatic heterocycles. The monoisotopic (exact) mass is 352 g/mol. The minimum Gasteiger partial charge on any atom is -0.490 e. The number of aliphatic hydroxyl groups excluding tert-OH is 1. The molecule has 20 heavy (non-hydrogen) atoms. The normalized spacial score (nSPS) is 15.9. The van der Waals surface area contributed by atoms with Crippen molar-refractivity contribution in [2.45, 2.75) is 25.0 Å². The lowest BCUT2D eigenvalue weighted by Gasteiger charge is -2.14. The molecule has 0 heterocycles. The zero-order valence-corrected chi connectivity index (χ0v) is 13.1. The third-order valence-electron chi connectivity index (χ3n) is 3.28. The Morgan fingerprint density at radius 2 is 1.85 bits per heavy atom. The Morgan fingerprint density at radius 1 is 1.15 bits per heavy atom. The fourth-order valence-corrected chi connectivity index (χ4v) is 2.79. The first kappa shape index (κ1) is 13.9. The lowest BCUT2D eigenvalue weighted by atomic mass is 10.0. The van der Waals surface area contributed by atoms with Gasteiger partial charge in [-0.15, -0.1) is 0 Å². The van der Waals surface area contributed by atoms with E-state index in [1.165, 1.54) is 0 Å². The van der Waals surface area contributed by atoms with Gasteiger partial charge in [-0.3, -0.25) is 0 Å². The molecule has 4 heteroatoms. The molecular weight excluding hydrogens is 340 g/mol. The quantitative estimate of drug-likeness (QED) is 0.861. The molecule has 1 atom stereocenters. The van der Waals surface area contributed by atoms with Crippen molar-refractivity contribution >= 4 is 27.5 Å². The molecule has 1 fully saturated rings. The minimum absolute atomic E-state index is 0.381. The topological polar surface area (TPSA) is 29.5 Å². The van der Waals surface area contributed by atoms with Crippen LogP contribution < -0.4 is 4.74 Å². The lowest BCUT2D eigenvalue weighted by Crippen LogP contribution is -2.01. The van der Waals surface area contributed by atoms with Crippen LogP contribution in [0.25, 0.3) is 0 Å². The summed E-state index contributed by atoms with van der Waals surface area (Å²) in [5.41, 5.74) is 1.50. The second-order valence-electron chi connectivity index (χ2n) is 4.95. The SMILES string of the molecule is OC(c1ccc(OC2CC2)cc1)c1ccc(Br)cc1Cl. The molecule has 0 bridgehead atoms. The molecule has 2 nitrogen and oxygen atoms in total. The highest BCUT2D eigenvalue weighted by molar-refractivity contribution is 9.10. The van der Waals surface area contributed by atoms with E-state index in [4.69, 9.17) is 16.3 Å². The largest absolute Gasteiger partial charge is 0.490 e. The van der Waals surface area contributed by atoms with E-state index < -0.39 is 6.10 Å². The minimum atomic E-state index is -0.731. The lowest BCUT2D eigenvalue weighted by molar-refractivity contribution is 0.220. The fraction of sp³-hybridized carbons (Fsp3) is 0.250. The van der Waals surface area contributed by atoms with E-state index in [0.29, 0.717) is 16.7 Å². The van der Waals surface area contributed by atoms with Crippen molar-refractivity contribution in [2.24, 2.45) is 0 Å². The van der Waals surface area contributed by atoms with Gasteiger partial charge in [-0.1, -0.05) is 45.7 Å². The fourth-order valence-electron chi connectivity index (χ4n) is 2.01. The molecule has 1 aliphatic carbocycles. The highest BCUT2D eigenvalue weighted by Crippen LogP contribution is 2.32. The van der Waals surface area contributed by atoms with Crippen molar-refractivity contribution < 1.29 is 9.84 Å². The Hall–Kier alpha value is -1.03. The number of rotatable bonds is 4. The molecule has 3 rings (SSSR count). The van der Waals surface area contributed by atoms with E-state index in [1.54, 1.807) is 6.07 Å². The number of halogens is 2. The summed E-state index contributed by atoms with van der Waals surface area (Å²) in [4.78, 5) is 0. The van der Waals surface area contributed by atoms with Gasteiger partial charge in [0.05, 0.1) is 6.10 Å². The van der Waals surface area contributed by atoms with Crippen LogP contribution in [0.1, 0.15) is 30.1 Å². The molecule has 1 aliphatic rings. The van der Waals surface area contributed by atoms with Crippen LogP contribution >= 0.6 is 27.5 Å². The molecule has 104 valence electrons. The second kappa shape index (κ2) is 5.76. The average Bonchev–Trinajstić information content (AvgIpc) is 3.23. The predicted molar refractivity (Wildman–Crippen MR) is 83.3 cm³/mol. The molecule has 2 aromatic carbocycles. The van der Waals surface area contributed by atoms with Crippen LogP contribution in [0.5, 0.6) is 5.75 Å². The summed E-state index contributed by atoms with van der Waals surface area (Å²) in [5.74, 6) is 0.852. The number of hydrogen-bond donors (Lipinski definition) is 1. The highest BCUT2D eigenvalue weighted by Gasteiger charge is 2.23. The summed E-state index contributed by atoms with van der Waals surface area (Å²) in [6, 6.07) is 13.0. The molecule has 0 amide bonds. The van der Waals surface area contributed by atoms with E-state index in [0.717, 1.165) is 28.6 Å². The molecule has 1 unspecified atom stereocenters. The molecular formula is C16H14BrClO2. The van der Waals surface area contributed by atoms with Gasteiger partial charge in [-0.2, -0.15) is 0 Å². The Morgan fingerprint density at radius 3 is 2.45 bits per heavy atom. The first-order valence-electron chi connectivity index (χ1n) is 6.53. The van der Waals surface area contributed by atoms with Crippen molar-refractivity contribution in [3.63, 3.8) is 0 Å². The van der Waals surface area contributed by atoms with Crippen LogP contribution in [-0.2, 0) is 0 Å². The van der Waals surface area contributed by atoms with Crippen molar-refractivity contribution in [2.75, 3.05) is 0 Å². The van der Waals surface area contributed by atoms with Gasteiger partial charge in [-0.25, -0.2) is 0 Å². The van der Waals surface area contributed by atoms with Gasteiger partial charge in [0.1, 0.15) is 11.9 Å². The summed E-state index contributed by atoms with van der Waals surface area (Å²) in [6.07, 6.45) is 1.93.